The minimum atomic E-state index is 0.243. The van der Waals surface area contributed by atoms with E-state index in [1.165, 1.54) is 44.9 Å². The van der Waals surface area contributed by atoms with Crippen molar-refractivity contribution in [3.8, 4) is 0 Å². The molecular formula is C15H29N3O. The Morgan fingerprint density at radius 2 is 1.79 bits per heavy atom. The van der Waals surface area contributed by atoms with Gasteiger partial charge < -0.3 is 16.0 Å². The molecule has 4 nitrogen and oxygen atoms in total. The second kappa shape index (κ2) is 7.85. The lowest BCUT2D eigenvalue weighted by molar-refractivity contribution is -0.122. The number of carbonyl (C=O) groups excluding carboxylic acids is 1. The first kappa shape index (κ1) is 14.8. The van der Waals surface area contributed by atoms with Crippen molar-refractivity contribution in [2.45, 2.75) is 57.4 Å². The van der Waals surface area contributed by atoms with Gasteiger partial charge in [-0.1, -0.05) is 19.3 Å². The first-order chi connectivity index (χ1) is 9.28. The largest absolute Gasteiger partial charge is 0.353 e. The predicted octanol–water partition coefficient (Wildman–Crippen LogP) is 1.50. The van der Waals surface area contributed by atoms with Crippen LogP contribution in [0.3, 0.4) is 0 Å². The van der Waals surface area contributed by atoms with Gasteiger partial charge in [-0.25, -0.2) is 0 Å². The molecule has 3 N–H and O–H groups in total. The van der Waals surface area contributed by atoms with E-state index in [0.717, 1.165) is 26.2 Å². The van der Waals surface area contributed by atoms with Crippen LogP contribution in [0, 0.1) is 5.92 Å². The van der Waals surface area contributed by atoms with Crippen LogP contribution in [-0.4, -0.2) is 43.0 Å². The van der Waals surface area contributed by atoms with E-state index in [-0.39, 0.29) is 5.91 Å². The van der Waals surface area contributed by atoms with Gasteiger partial charge in [0.05, 0.1) is 0 Å². The minimum Gasteiger partial charge on any atom is -0.353 e. The van der Waals surface area contributed by atoms with Crippen LogP contribution in [-0.2, 0) is 4.79 Å². The third-order valence-corrected chi connectivity index (χ3v) is 4.67. The maximum absolute atomic E-state index is 11.9. The third kappa shape index (κ3) is 5.11. The molecule has 19 heavy (non-hydrogen) atoms. The van der Waals surface area contributed by atoms with E-state index in [9.17, 15) is 4.79 Å². The van der Waals surface area contributed by atoms with E-state index in [1.807, 2.05) is 0 Å². The normalized spacial score (nSPS) is 23.4. The molecule has 0 spiro atoms. The smallest absolute Gasteiger partial charge is 0.221 e. The Bertz CT molecular complexity index is 269. The maximum Gasteiger partial charge on any atom is 0.221 e. The van der Waals surface area contributed by atoms with Crippen LogP contribution in [0.2, 0.25) is 0 Å². The molecule has 0 unspecified atom stereocenters. The van der Waals surface area contributed by atoms with Crippen molar-refractivity contribution < 1.29 is 4.79 Å². The van der Waals surface area contributed by atoms with Crippen molar-refractivity contribution in [1.82, 2.24) is 10.2 Å². The molecule has 1 saturated carbocycles. The van der Waals surface area contributed by atoms with Gasteiger partial charge in [0.2, 0.25) is 5.91 Å². The molecule has 1 aliphatic heterocycles. The number of nitrogens with two attached hydrogens (primary N) is 1. The van der Waals surface area contributed by atoms with Crippen molar-refractivity contribution in [2.24, 2.45) is 11.7 Å². The first-order valence-electron chi connectivity index (χ1n) is 7.99. The summed E-state index contributed by atoms with van der Waals surface area (Å²) in [4.78, 5) is 14.3. The Morgan fingerprint density at radius 3 is 2.42 bits per heavy atom. The molecule has 1 aliphatic carbocycles. The summed E-state index contributed by atoms with van der Waals surface area (Å²) >= 11 is 0. The fourth-order valence-electron chi connectivity index (χ4n) is 3.25. The van der Waals surface area contributed by atoms with E-state index in [0.29, 0.717) is 18.4 Å². The molecule has 0 aromatic heterocycles. The van der Waals surface area contributed by atoms with Gasteiger partial charge >= 0.3 is 0 Å². The van der Waals surface area contributed by atoms with Crippen LogP contribution in [0.25, 0.3) is 0 Å². The second-order valence-electron chi connectivity index (χ2n) is 6.17. The van der Waals surface area contributed by atoms with E-state index in [1.54, 1.807) is 0 Å². The van der Waals surface area contributed by atoms with Crippen LogP contribution in [0.1, 0.15) is 51.4 Å². The number of rotatable bonds is 5. The van der Waals surface area contributed by atoms with Crippen LogP contribution in [0.15, 0.2) is 0 Å². The molecule has 1 heterocycles. The number of hydrogen-bond donors (Lipinski definition) is 2. The second-order valence-corrected chi connectivity index (χ2v) is 6.17. The van der Waals surface area contributed by atoms with Crippen molar-refractivity contribution in [3.63, 3.8) is 0 Å². The number of amides is 1. The fraction of sp³-hybridized carbons (Fsp3) is 0.933. The maximum atomic E-state index is 11.9. The summed E-state index contributed by atoms with van der Waals surface area (Å²) < 4.78 is 0. The number of nitrogens with zero attached hydrogens (tertiary/aromatic N) is 1. The summed E-state index contributed by atoms with van der Waals surface area (Å²) in [5.41, 5.74) is 5.69. The van der Waals surface area contributed by atoms with Gasteiger partial charge in [-0.2, -0.15) is 0 Å². The molecule has 2 aliphatic rings. The zero-order valence-electron chi connectivity index (χ0n) is 12.1. The van der Waals surface area contributed by atoms with E-state index in [4.69, 9.17) is 5.73 Å². The average Bonchev–Trinajstić information content (AvgIpc) is 2.47. The van der Waals surface area contributed by atoms with E-state index in [2.05, 4.69) is 10.2 Å². The third-order valence-electron chi connectivity index (χ3n) is 4.67. The molecule has 1 amide bonds. The fourth-order valence-corrected chi connectivity index (χ4v) is 3.25. The van der Waals surface area contributed by atoms with Gasteiger partial charge in [0.1, 0.15) is 0 Å². The molecule has 0 atom stereocenters. The molecule has 0 aromatic rings. The van der Waals surface area contributed by atoms with Crippen molar-refractivity contribution in [3.05, 3.63) is 0 Å². The molecule has 0 radical (unpaired) electrons. The Hall–Kier alpha value is -0.610. The van der Waals surface area contributed by atoms with Gasteiger partial charge in [0, 0.05) is 19.0 Å². The quantitative estimate of drug-likeness (QED) is 0.793. The Labute approximate surface area is 117 Å². The van der Waals surface area contributed by atoms with Crippen LogP contribution in [0.4, 0.5) is 0 Å². The summed E-state index contributed by atoms with van der Waals surface area (Å²) in [7, 11) is 0. The summed E-state index contributed by atoms with van der Waals surface area (Å²) in [5, 5.41) is 3.19. The van der Waals surface area contributed by atoms with Crippen LogP contribution in [0.5, 0.6) is 0 Å². The zero-order chi connectivity index (χ0) is 13.5. The number of piperidine rings is 1. The van der Waals surface area contributed by atoms with Gasteiger partial charge in [0.25, 0.3) is 0 Å². The monoisotopic (exact) mass is 267 g/mol. The van der Waals surface area contributed by atoms with Crippen molar-refractivity contribution >= 4 is 5.91 Å². The Morgan fingerprint density at radius 1 is 1.11 bits per heavy atom. The SMILES string of the molecule is NCC1CCN(CCC(=O)NC2CCCCC2)CC1. The Balaban J connectivity index is 1.58. The lowest BCUT2D eigenvalue weighted by Gasteiger charge is -2.31. The van der Waals surface area contributed by atoms with Crippen molar-refractivity contribution in [2.75, 3.05) is 26.2 Å². The molecule has 2 fully saturated rings. The molecular weight excluding hydrogens is 238 g/mol. The number of hydrogen-bond acceptors (Lipinski definition) is 3. The lowest BCUT2D eigenvalue weighted by atomic mass is 9.95. The highest BCUT2D eigenvalue weighted by Crippen LogP contribution is 2.18. The lowest BCUT2D eigenvalue weighted by Crippen LogP contribution is -2.40. The number of carbonyl (C=O) groups is 1. The minimum absolute atomic E-state index is 0.243. The average molecular weight is 267 g/mol. The first-order valence-corrected chi connectivity index (χ1v) is 7.99. The highest BCUT2D eigenvalue weighted by atomic mass is 16.1. The number of likely N-dealkylation sites (tertiary alicyclic amines) is 1. The van der Waals surface area contributed by atoms with Crippen LogP contribution >= 0.6 is 0 Å². The molecule has 1 saturated heterocycles. The van der Waals surface area contributed by atoms with Gasteiger partial charge in [-0.3, -0.25) is 4.79 Å². The van der Waals surface area contributed by atoms with Gasteiger partial charge in [-0.15, -0.1) is 0 Å². The summed E-state index contributed by atoms with van der Waals surface area (Å²) in [6, 6.07) is 0.448. The van der Waals surface area contributed by atoms with Gasteiger partial charge in [0.15, 0.2) is 0 Å². The standard InChI is InChI=1S/C15H29N3O/c16-12-13-6-9-18(10-7-13)11-8-15(19)17-14-4-2-1-3-5-14/h13-14H,1-12,16H2,(H,17,19). The Kier molecular flexibility index (Phi) is 6.11. The summed E-state index contributed by atoms with van der Waals surface area (Å²) in [5.74, 6) is 0.945. The summed E-state index contributed by atoms with van der Waals surface area (Å²) in [6.07, 6.45) is 9.28. The number of nitrogens with one attached hydrogen (secondary N) is 1. The molecule has 0 bridgehead atoms. The predicted molar refractivity (Wildman–Crippen MR) is 77.9 cm³/mol. The van der Waals surface area contributed by atoms with E-state index >= 15 is 0 Å². The van der Waals surface area contributed by atoms with Crippen LogP contribution < -0.4 is 11.1 Å². The van der Waals surface area contributed by atoms with Gasteiger partial charge in [-0.05, 0) is 51.2 Å². The molecule has 4 heteroatoms. The highest BCUT2D eigenvalue weighted by molar-refractivity contribution is 5.76. The molecule has 0 aromatic carbocycles. The highest BCUT2D eigenvalue weighted by Gasteiger charge is 2.19. The summed E-state index contributed by atoms with van der Waals surface area (Å²) in [6.45, 7) is 3.95. The zero-order valence-corrected chi connectivity index (χ0v) is 12.1. The molecule has 2 rings (SSSR count). The van der Waals surface area contributed by atoms with E-state index < -0.39 is 0 Å². The molecule has 110 valence electrons. The van der Waals surface area contributed by atoms with Crippen molar-refractivity contribution in [1.29, 1.82) is 0 Å². The topological polar surface area (TPSA) is 58.4 Å².